The van der Waals surface area contributed by atoms with Crippen LogP contribution in [0.5, 0.6) is 0 Å². The van der Waals surface area contributed by atoms with Crippen LogP contribution in [0, 0.1) is 28.6 Å². The Morgan fingerprint density at radius 2 is 1.80 bits per heavy atom. The molecule has 0 saturated carbocycles. The summed E-state index contributed by atoms with van der Waals surface area (Å²) in [5.41, 5.74) is -1.46. The number of likely N-dealkylation sites (N-methyl/N-ethyl adjacent to an activating group) is 1. The van der Waals surface area contributed by atoms with Gasteiger partial charge in [0.25, 0.3) is 0 Å². The van der Waals surface area contributed by atoms with E-state index >= 15 is 0 Å². The molecule has 206 valence electrons. The van der Waals surface area contributed by atoms with E-state index in [2.05, 4.69) is 39.8 Å². The summed E-state index contributed by atoms with van der Waals surface area (Å²) >= 11 is 0. The number of aliphatic hydroxyl groups excluding tert-OH is 1. The SMILES string of the molecule is CC[C@@H](C)CN(C)C(C)[C@@H](O)[C@@](C)(COC(=O)[C@H](C)[C@@H](O[C@H]1CC(C)CC(C)O1)[C@H](C)CC)N=O. The van der Waals surface area contributed by atoms with Crippen molar-refractivity contribution in [3.8, 4) is 0 Å². The van der Waals surface area contributed by atoms with E-state index in [1.807, 2.05) is 25.8 Å². The minimum atomic E-state index is -1.46. The van der Waals surface area contributed by atoms with Crippen molar-refractivity contribution in [2.45, 2.75) is 124 Å². The van der Waals surface area contributed by atoms with E-state index < -0.39 is 23.5 Å². The molecule has 10 atom stereocenters. The molecule has 1 heterocycles. The third kappa shape index (κ3) is 9.38. The van der Waals surface area contributed by atoms with Gasteiger partial charge in [-0.1, -0.05) is 52.6 Å². The summed E-state index contributed by atoms with van der Waals surface area (Å²) in [7, 11) is 1.92. The second-order valence-electron chi connectivity index (χ2n) is 11.4. The first kappa shape index (κ1) is 31.9. The molecule has 0 aromatic carbocycles. The van der Waals surface area contributed by atoms with Crippen LogP contribution >= 0.6 is 0 Å². The molecule has 1 aliphatic rings. The van der Waals surface area contributed by atoms with E-state index in [4.69, 9.17) is 14.2 Å². The first-order chi connectivity index (χ1) is 16.3. The third-order valence-electron chi connectivity index (χ3n) is 7.89. The van der Waals surface area contributed by atoms with Crippen LogP contribution in [0.4, 0.5) is 0 Å². The molecule has 0 aliphatic carbocycles. The average Bonchev–Trinajstić information content (AvgIpc) is 2.82. The molecule has 0 radical (unpaired) electrons. The molecule has 1 N–H and O–H groups in total. The molecule has 0 aromatic heterocycles. The van der Waals surface area contributed by atoms with Gasteiger partial charge in [-0.25, -0.2) is 0 Å². The Labute approximate surface area is 213 Å². The standard InChI is InChI=1S/C27H52N2O6/c1-11-17(3)15-29(10)22(8)25(30)27(9,28-32)16-33-26(31)21(7)24(19(5)12-2)35-23-14-18(4)13-20(6)34-23/h17-25,30H,11-16H2,1-10H3/t17-,18?,19-,20?,21-,22?,23+,24+,25-,27-/m1/s1. The zero-order valence-corrected chi connectivity index (χ0v) is 23.8. The Bertz CT molecular complexity index is 639. The monoisotopic (exact) mass is 500 g/mol. The highest BCUT2D eigenvalue weighted by Crippen LogP contribution is 2.30. The molecule has 0 amide bonds. The zero-order valence-electron chi connectivity index (χ0n) is 23.8. The van der Waals surface area contributed by atoms with Crippen molar-refractivity contribution < 1.29 is 24.1 Å². The lowest BCUT2D eigenvalue weighted by Gasteiger charge is -2.38. The van der Waals surface area contributed by atoms with Crippen molar-refractivity contribution in [2.75, 3.05) is 20.2 Å². The number of carbonyl (C=O) groups excluding carboxylic acids is 1. The minimum absolute atomic E-state index is 0.115. The molecule has 1 saturated heterocycles. The summed E-state index contributed by atoms with van der Waals surface area (Å²) in [5.74, 6) is 0.0453. The summed E-state index contributed by atoms with van der Waals surface area (Å²) in [6.07, 6.45) is 1.95. The zero-order chi connectivity index (χ0) is 26.9. The number of esters is 1. The van der Waals surface area contributed by atoms with Gasteiger partial charge >= 0.3 is 5.97 Å². The lowest BCUT2D eigenvalue weighted by atomic mass is 9.89. The Morgan fingerprint density at radius 3 is 2.31 bits per heavy atom. The van der Waals surface area contributed by atoms with Crippen molar-refractivity contribution in [2.24, 2.45) is 28.8 Å². The Kier molecular flexibility index (Phi) is 13.3. The lowest BCUT2D eigenvalue weighted by molar-refractivity contribution is -0.237. The molecule has 8 heteroatoms. The summed E-state index contributed by atoms with van der Waals surface area (Å²) in [5, 5.41) is 14.2. The molecule has 0 spiro atoms. The number of aliphatic hydroxyl groups is 1. The normalized spacial score (nSPS) is 27.8. The fourth-order valence-electron chi connectivity index (χ4n) is 4.80. The number of nitroso groups, excluding NO2 is 1. The van der Waals surface area contributed by atoms with Crippen LogP contribution in [0.2, 0.25) is 0 Å². The highest BCUT2D eigenvalue weighted by Gasteiger charge is 2.42. The highest BCUT2D eigenvalue weighted by molar-refractivity contribution is 5.72. The van der Waals surface area contributed by atoms with Crippen molar-refractivity contribution in [1.29, 1.82) is 0 Å². The fraction of sp³-hybridized carbons (Fsp3) is 0.963. The van der Waals surface area contributed by atoms with Gasteiger partial charge in [-0.05, 0) is 58.9 Å². The van der Waals surface area contributed by atoms with Crippen LogP contribution in [-0.4, -0.2) is 72.4 Å². The Hall–Kier alpha value is -1.09. The first-order valence-corrected chi connectivity index (χ1v) is 13.5. The minimum Gasteiger partial charge on any atom is -0.463 e. The van der Waals surface area contributed by atoms with E-state index in [9.17, 15) is 14.8 Å². The smallest absolute Gasteiger partial charge is 0.311 e. The van der Waals surface area contributed by atoms with Crippen molar-refractivity contribution >= 4 is 5.97 Å². The lowest BCUT2D eigenvalue weighted by Crippen LogP contribution is -2.54. The van der Waals surface area contributed by atoms with E-state index in [-0.39, 0.29) is 37.1 Å². The predicted octanol–water partition coefficient (Wildman–Crippen LogP) is 5.01. The molecule has 0 aromatic rings. The number of carbonyl (C=O) groups is 1. The van der Waals surface area contributed by atoms with Gasteiger partial charge in [0.2, 0.25) is 0 Å². The summed E-state index contributed by atoms with van der Waals surface area (Å²) in [6, 6.07) is -0.327. The molecule has 1 aliphatic heterocycles. The number of hydrogen-bond donors (Lipinski definition) is 1. The van der Waals surface area contributed by atoms with Crippen LogP contribution in [0.3, 0.4) is 0 Å². The van der Waals surface area contributed by atoms with Gasteiger partial charge in [0.05, 0.1) is 18.1 Å². The molecule has 8 nitrogen and oxygen atoms in total. The fourth-order valence-corrected chi connectivity index (χ4v) is 4.80. The van der Waals surface area contributed by atoms with Crippen LogP contribution in [-0.2, 0) is 19.0 Å². The molecule has 1 fully saturated rings. The largest absolute Gasteiger partial charge is 0.463 e. The van der Waals surface area contributed by atoms with Crippen molar-refractivity contribution in [1.82, 2.24) is 4.90 Å². The maximum atomic E-state index is 13.1. The van der Waals surface area contributed by atoms with Crippen molar-refractivity contribution in [3.63, 3.8) is 0 Å². The number of ether oxygens (including phenoxy) is 3. The molecular weight excluding hydrogens is 448 g/mol. The quantitative estimate of drug-likeness (QED) is 0.249. The molecular formula is C27H52N2O6. The van der Waals surface area contributed by atoms with Gasteiger partial charge in [-0.3, -0.25) is 4.79 Å². The van der Waals surface area contributed by atoms with Crippen LogP contribution in [0.25, 0.3) is 0 Å². The van der Waals surface area contributed by atoms with Crippen LogP contribution in [0.1, 0.15) is 88.0 Å². The molecule has 0 bridgehead atoms. The second kappa shape index (κ2) is 14.6. The van der Waals surface area contributed by atoms with Gasteiger partial charge in [0.15, 0.2) is 11.8 Å². The van der Waals surface area contributed by atoms with Gasteiger partial charge in [0, 0.05) is 19.0 Å². The number of hydrogen-bond acceptors (Lipinski definition) is 8. The highest BCUT2D eigenvalue weighted by atomic mass is 16.7. The summed E-state index contributed by atoms with van der Waals surface area (Å²) in [6.45, 7) is 18.3. The topological polar surface area (TPSA) is 97.7 Å². The average molecular weight is 501 g/mol. The molecule has 35 heavy (non-hydrogen) atoms. The molecule has 3 unspecified atom stereocenters. The predicted molar refractivity (Wildman–Crippen MR) is 139 cm³/mol. The Balaban J connectivity index is 2.84. The maximum Gasteiger partial charge on any atom is 0.311 e. The van der Waals surface area contributed by atoms with Crippen LogP contribution in [0.15, 0.2) is 5.18 Å². The van der Waals surface area contributed by atoms with Gasteiger partial charge < -0.3 is 24.2 Å². The van der Waals surface area contributed by atoms with Gasteiger partial charge in [0.1, 0.15) is 12.7 Å². The van der Waals surface area contributed by atoms with Gasteiger partial charge in [-0.15, -0.1) is 4.91 Å². The summed E-state index contributed by atoms with van der Waals surface area (Å²) in [4.78, 5) is 26.9. The van der Waals surface area contributed by atoms with E-state index in [0.29, 0.717) is 11.8 Å². The second-order valence-corrected chi connectivity index (χ2v) is 11.4. The van der Waals surface area contributed by atoms with E-state index in [1.165, 1.54) is 6.92 Å². The number of rotatable bonds is 15. The van der Waals surface area contributed by atoms with Crippen LogP contribution < -0.4 is 0 Å². The van der Waals surface area contributed by atoms with Crippen molar-refractivity contribution in [3.05, 3.63) is 4.91 Å². The summed E-state index contributed by atoms with van der Waals surface area (Å²) < 4.78 is 17.9. The number of nitrogens with zero attached hydrogens (tertiary/aromatic N) is 2. The van der Waals surface area contributed by atoms with E-state index in [0.717, 1.165) is 32.2 Å². The molecule has 1 rings (SSSR count). The van der Waals surface area contributed by atoms with E-state index in [1.54, 1.807) is 6.92 Å². The van der Waals surface area contributed by atoms with Gasteiger partial charge in [-0.2, -0.15) is 0 Å². The third-order valence-corrected chi connectivity index (χ3v) is 7.89. The maximum absolute atomic E-state index is 13.1. The Morgan fingerprint density at radius 1 is 1.17 bits per heavy atom. The first-order valence-electron chi connectivity index (χ1n) is 13.5.